The van der Waals surface area contributed by atoms with E-state index in [1.807, 2.05) is 4.90 Å². The lowest BCUT2D eigenvalue weighted by Gasteiger charge is -2.26. The zero-order chi connectivity index (χ0) is 20.1. The fourth-order valence-electron chi connectivity index (χ4n) is 3.74. The Morgan fingerprint density at radius 2 is 1.93 bits per heavy atom. The molecule has 1 unspecified atom stereocenters. The second kappa shape index (κ2) is 9.29. The molecule has 1 aromatic rings. The number of anilines is 1. The molecule has 0 spiro atoms. The summed E-state index contributed by atoms with van der Waals surface area (Å²) in [7, 11) is 1.61. The van der Waals surface area contributed by atoms with Crippen molar-refractivity contribution in [2.45, 2.75) is 18.9 Å². The third-order valence-electron chi connectivity index (χ3n) is 5.29. The predicted octanol–water partition coefficient (Wildman–Crippen LogP) is 1.75. The first-order valence-corrected chi connectivity index (χ1v) is 9.53. The number of amides is 3. The molecule has 154 valence electrons. The number of nitrogens with zero attached hydrogens (tertiary/aromatic N) is 3. The highest BCUT2D eigenvalue weighted by molar-refractivity contribution is 5.89. The molecule has 1 aromatic carbocycles. The van der Waals surface area contributed by atoms with Gasteiger partial charge in [0.15, 0.2) is 0 Å². The van der Waals surface area contributed by atoms with Gasteiger partial charge < -0.3 is 19.9 Å². The van der Waals surface area contributed by atoms with Crippen molar-refractivity contribution >= 4 is 17.6 Å². The summed E-state index contributed by atoms with van der Waals surface area (Å²) in [6, 6.07) is 2.74. The third-order valence-corrected chi connectivity index (χ3v) is 5.29. The summed E-state index contributed by atoms with van der Waals surface area (Å²) in [5.41, 5.74) is -0.437. The summed E-state index contributed by atoms with van der Waals surface area (Å²) >= 11 is 0. The van der Waals surface area contributed by atoms with Crippen LogP contribution in [0.4, 0.5) is 19.3 Å². The molecule has 2 fully saturated rings. The largest absolute Gasteiger partial charge is 0.383 e. The second-order valence-electron chi connectivity index (χ2n) is 7.03. The second-order valence-corrected chi connectivity index (χ2v) is 7.03. The highest BCUT2D eigenvalue weighted by Gasteiger charge is 2.36. The minimum absolute atomic E-state index is 0.100. The molecular formula is C19H26F2N4O3. The summed E-state index contributed by atoms with van der Waals surface area (Å²) in [5.74, 6) is -1.52. The number of urea groups is 1. The highest BCUT2D eigenvalue weighted by Crippen LogP contribution is 2.21. The number of nitrogens with one attached hydrogen (secondary N) is 1. The van der Waals surface area contributed by atoms with Crippen LogP contribution >= 0.6 is 0 Å². The van der Waals surface area contributed by atoms with Crippen LogP contribution < -0.4 is 5.32 Å². The van der Waals surface area contributed by atoms with Crippen LogP contribution in [0.15, 0.2) is 18.2 Å². The summed E-state index contributed by atoms with van der Waals surface area (Å²) < 4.78 is 32.6. The smallest absolute Gasteiger partial charge is 0.322 e. The van der Waals surface area contributed by atoms with E-state index in [-0.39, 0.29) is 11.9 Å². The maximum absolute atomic E-state index is 13.8. The lowest BCUT2D eigenvalue weighted by molar-refractivity contribution is -0.132. The average molecular weight is 396 g/mol. The number of hydrogen-bond donors (Lipinski definition) is 1. The summed E-state index contributed by atoms with van der Waals surface area (Å²) in [6.45, 7) is 3.91. The van der Waals surface area contributed by atoms with Crippen LogP contribution in [0.2, 0.25) is 0 Å². The normalized spacial score (nSPS) is 21.1. The summed E-state index contributed by atoms with van der Waals surface area (Å²) in [4.78, 5) is 30.5. The van der Waals surface area contributed by atoms with Crippen LogP contribution in [0.25, 0.3) is 0 Å². The summed E-state index contributed by atoms with van der Waals surface area (Å²) in [5, 5.41) is 2.33. The molecule has 3 amide bonds. The van der Waals surface area contributed by atoms with Gasteiger partial charge in [-0.15, -0.1) is 0 Å². The van der Waals surface area contributed by atoms with Crippen molar-refractivity contribution in [2.75, 3.05) is 58.3 Å². The molecule has 9 heteroatoms. The zero-order valence-electron chi connectivity index (χ0n) is 16.0. The maximum Gasteiger partial charge on any atom is 0.322 e. The number of halogens is 2. The van der Waals surface area contributed by atoms with Crippen molar-refractivity contribution in [3.63, 3.8) is 0 Å². The van der Waals surface area contributed by atoms with Crippen molar-refractivity contribution in [1.82, 2.24) is 14.7 Å². The molecule has 0 aromatic heterocycles. The van der Waals surface area contributed by atoms with Crippen molar-refractivity contribution < 1.29 is 23.1 Å². The fraction of sp³-hybridized carbons (Fsp3) is 0.579. The first-order chi connectivity index (χ1) is 13.5. The first-order valence-electron chi connectivity index (χ1n) is 9.53. The number of hydrogen-bond acceptors (Lipinski definition) is 4. The molecule has 2 aliphatic rings. The Balaban J connectivity index is 1.56. The SMILES string of the molecule is COCCN1CCC(N2CCCN(C(=O)Nc3c(F)cccc3F)CC2)C1=O. The molecule has 3 rings (SSSR count). The molecule has 0 saturated carbocycles. The highest BCUT2D eigenvalue weighted by atomic mass is 19.1. The van der Waals surface area contributed by atoms with Gasteiger partial charge in [0.25, 0.3) is 0 Å². The first kappa shape index (κ1) is 20.5. The van der Waals surface area contributed by atoms with Gasteiger partial charge in [0.05, 0.1) is 12.6 Å². The van der Waals surface area contributed by atoms with E-state index in [9.17, 15) is 18.4 Å². The van der Waals surface area contributed by atoms with Crippen molar-refractivity contribution in [3.05, 3.63) is 29.8 Å². The zero-order valence-corrected chi connectivity index (χ0v) is 16.0. The van der Waals surface area contributed by atoms with Gasteiger partial charge in [-0.2, -0.15) is 0 Å². The number of likely N-dealkylation sites (tertiary alicyclic amines) is 1. The lowest BCUT2D eigenvalue weighted by Crippen LogP contribution is -2.44. The van der Waals surface area contributed by atoms with Gasteiger partial charge in [0, 0.05) is 46.4 Å². The van der Waals surface area contributed by atoms with Crippen LogP contribution in [0.5, 0.6) is 0 Å². The Morgan fingerprint density at radius 1 is 1.18 bits per heavy atom. The van der Waals surface area contributed by atoms with E-state index in [1.165, 1.54) is 11.0 Å². The molecule has 0 aliphatic carbocycles. The molecule has 7 nitrogen and oxygen atoms in total. The fourth-order valence-corrected chi connectivity index (χ4v) is 3.74. The number of carbonyl (C=O) groups is 2. The Hall–Kier alpha value is -2.26. The number of para-hydroxylation sites is 1. The van der Waals surface area contributed by atoms with Gasteiger partial charge >= 0.3 is 6.03 Å². The quantitative estimate of drug-likeness (QED) is 0.824. The van der Waals surface area contributed by atoms with E-state index >= 15 is 0 Å². The van der Waals surface area contributed by atoms with Gasteiger partial charge in [0.1, 0.15) is 17.3 Å². The number of rotatable bonds is 5. The van der Waals surface area contributed by atoms with Crippen LogP contribution in [-0.4, -0.2) is 85.7 Å². The van der Waals surface area contributed by atoms with Crippen LogP contribution in [0.1, 0.15) is 12.8 Å². The van der Waals surface area contributed by atoms with Gasteiger partial charge in [-0.3, -0.25) is 9.69 Å². The van der Waals surface area contributed by atoms with Gasteiger partial charge in [0.2, 0.25) is 5.91 Å². The molecule has 0 bridgehead atoms. The molecular weight excluding hydrogens is 370 g/mol. The molecule has 28 heavy (non-hydrogen) atoms. The summed E-state index contributed by atoms with van der Waals surface area (Å²) in [6.07, 6.45) is 1.45. The number of ether oxygens (including phenoxy) is 1. The lowest BCUT2D eigenvalue weighted by atomic mass is 10.2. The minimum atomic E-state index is -0.808. The number of benzene rings is 1. The van der Waals surface area contributed by atoms with Crippen LogP contribution in [0, 0.1) is 11.6 Å². The van der Waals surface area contributed by atoms with Gasteiger partial charge in [-0.05, 0) is 25.0 Å². The number of carbonyl (C=O) groups excluding carboxylic acids is 2. The predicted molar refractivity (Wildman–Crippen MR) is 100 cm³/mol. The Kier molecular flexibility index (Phi) is 6.79. The standard InChI is InChI=1S/C19H26F2N4O3/c1-28-13-12-24-9-6-16(18(24)26)23-7-3-8-25(11-10-23)19(27)22-17-14(20)4-2-5-15(17)21/h2,4-5,16H,3,6-13H2,1H3,(H,22,27). The Labute approximate surface area is 163 Å². The molecule has 2 saturated heterocycles. The van der Waals surface area contributed by atoms with E-state index in [0.29, 0.717) is 52.3 Å². The molecule has 1 atom stereocenters. The molecule has 2 heterocycles. The molecule has 2 aliphatic heterocycles. The van der Waals surface area contributed by atoms with E-state index in [2.05, 4.69) is 10.2 Å². The minimum Gasteiger partial charge on any atom is -0.383 e. The average Bonchev–Trinajstić information content (AvgIpc) is 2.89. The van der Waals surface area contributed by atoms with Crippen molar-refractivity contribution in [2.24, 2.45) is 0 Å². The van der Waals surface area contributed by atoms with Crippen molar-refractivity contribution in [1.29, 1.82) is 0 Å². The van der Waals surface area contributed by atoms with Crippen LogP contribution in [0.3, 0.4) is 0 Å². The molecule has 0 radical (unpaired) electrons. The van der Waals surface area contributed by atoms with Crippen LogP contribution in [-0.2, 0) is 9.53 Å². The maximum atomic E-state index is 13.8. The molecule has 1 N–H and O–H groups in total. The Bertz CT molecular complexity index is 698. The third kappa shape index (κ3) is 4.59. The van der Waals surface area contributed by atoms with E-state index in [1.54, 1.807) is 7.11 Å². The van der Waals surface area contributed by atoms with Gasteiger partial charge in [-0.1, -0.05) is 6.07 Å². The topological polar surface area (TPSA) is 65.1 Å². The van der Waals surface area contributed by atoms with E-state index in [0.717, 1.165) is 18.6 Å². The van der Waals surface area contributed by atoms with Gasteiger partial charge in [-0.25, -0.2) is 13.6 Å². The van der Waals surface area contributed by atoms with E-state index < -0.39 is 23.4 Å². The monoisotopic (exact) mass is 396 g/mol. The Morgan fingerprint density at radius 3 is 2.64 bits per heavy atom. The van der Waals surface area contributed by atoms with Crippen molar-refractivity contribution in [3.8, 4) is 0 Å². The number of methoxy groups -OCH3 is 1. The van der Waals surface area contributed by atoms with E-state index in [4.69, 9.17) is 4.74 Å².